The molecule has 4 heteroatoms. The highest BCUT2D eigenvalue weighted by Gasteiger charge is 2.08. The van der Waals surface area contributed by atoms with Crippen LogP contribution in [0.3, 0.4) is 0 Å². The van der Waals surface area contributed by atoms with Gasteiger partial charge in [-0.25, -0.2) is 0 Å². The van der Waals surface area contributed by atoms with Crippen LogP contribution in [0.2, 0.25) is 0 Å². The van der Waals surface area contributed by atoms with Gasteiger partial charge >= 0.3 is 0 Å². The highest BCUT2D eigenvalue weighted by atomic mass is 16.5. The number of methoxy groups -OCH3 is 2. The van der Waals surface area contributed by atoms with Gasteiger partial charge in [-0.1, -0.05) is 51.9 Å². The maximum absolute atomic E-state index is 12.0. The predicted molar refractivity (Wildman–Crippen MR) is 95.4 cm³/mol. The van der Waals surface area contributed by atoms with Crippen LogP contribution < -0.4 is 14.8 Å². The molecule has 1 aromatic rings. The third kappa shape index (κ3) is 7.91. The van der Waals surface area contributed by atoms with Crippen molar-refractivity contribution in [1.82, 2.24) is 0 Å². The van der Waals surface area contributed by atoms with Gasteiger partial charge in [0.05, 0.1) is 19.9 Å². The number of hydrogen-bond acceptors (Lipinski definition) is 3. The average molecular weight is 321 g/mol. The molecule has 0 radical (unpaired) electrons. The minimum Gasteiger partial charge on any atom is -0.497 e. The van der Waals surface area contributed by atoms with Gasteiger partial charge in [0.1, 0.15) is 11.5 Å². The lowest BCUT2D eigenvalue weighted by atomic mass is 10.1. The lowest BCUT2D eigenvalue weighted by Crippen LogP contribution is -2.12. The molecule has 0 fully saturated rings. The first kappa shape index (κ1) is 19.3. The SMILES string of the molecule is CCCCCCCCCCC(=O)Nc1ccc(OC)cc1OC. The number of carbonyl (C=O) groups is 1. The van der Waals surface area contributed by atoms with Gasteiger partial charge in [0.25, 0.3) is 0 Å². The Morgan fingerprint density at radius 1 is 0.957 bits per heavy atom. The summed E-state index contributed by atoms with van der Waals surface area (Å²) < 4.78 is 10.4. The molecule has 0 unspecified atom stereocenters. The van der Waals surface area contributed by atoms with E-state index in [4.69, 9.17) is 9.47 Å². The Kier molecular flexibility index (Phi) is 9.92. The Hall–Kier alpha value is -1.71. The van der Waals surface area contributed by atoms with Crippen molar-refractivity contribution < 1.29 is 14.3 Å². The molecule has 23 heavy (non-hydrogen) atoms. The van der Waals surface area contributed by atoms with Gasteiger partial charge in [-0.3, -0.25) is 4.79 Å². The van der Waals surface area contributed by atoms with Crippen molar-refractivity contribution in [2.75, 3.05) is 19.5 Å². The normalized spacial score (nSPS) is 10.4. The standard InChI is InChI=1S/C19H31NO3/c1-4-5-6-7-8-9-10-11-12-19(21)20-17-14-13-16(22-2)15-18(17)23-3/h13-15H,4-12H2,1-3H3,(H,20,21). The van der Waals surface area contributed by atoms with Crippen molar-refractivity contribution >= 4 is 11.6 Å². The number of benzene rings is 1. The fraction of sp³-hybridized carbons (Fsp3) is 0.632. The van der Waals surface area contributed by atoms with Crippen LogP contribution in [0, 0.1) is 0 Å². The molecule has 0 heterocycles. The molecule has 4 nitrogen and oxygen atoms in total. The van der Waals surface area contributed by atoms with Gasteiger partial charge in [-0.05, 0) is 18.6 Å². The van der Waals surface area contributed by atoms with E-state index in [0.29, 0.717) is 23.6 Å². The molecule has 130 valence electrons. The lowest BCUT2D eigenvalue weighted by Gasteiger charge is -2.11. The van der Waals surface area contributed by atoms with E-state index in [-0.39, 0.29) is 5.91 Å². The highest BCUT2D eigenvalue weighted by molar-refractivity contribution is 5.92. The second-order valence-corrected chi connectivity index (χ2v) is 5.84. The number of hydrogen-bond donors (Lipinski definition) is 1. The molecule has 0 aliphatic rings. The van der Waals surface area contributed by atoms with Crippen LogP contribution in [0.4, 0.5) is 5.69 Å². The van der Waals surface area contributed by atoms with E-state index in [1.807, 2.05) is 12.1 Å². The van der Waals surface area contributed by atoms with Gasteiger partial charge in [-0.15, -0.1) is 0 Å². The van der Waals surface area contributed by atoms with Gasteiger partial charge < -0.3 is 14.8 Å². The first-order valence-corrected chi connectivity index (χ1v) is 8.73. The topological polar surface area (TPSA) is 47.6 Å². The van der Waals surface area contributed by atoms with E-state index < -0.39 is 0 Å². The summed E-state index contributed by atoms with van der Waals surface area (Å²) in [5, 5.41) is 2.91. The maximum Gasteiger partial charge on any atom is 0.224 e. The highest BCUT2D eigenvalue weighted by Crippen LogP contribution is 2.29. The Morgan fingerprint density at radius 2 is 1.61 bits per heavy atom. The number of nitrogens with one attached hydrogen (secondary N) is 1. The second-order valence-electron chi connectivity index (χ2n) is 5.84. The van der Waals surface area contributed by atoms with Crippen LogP contribution in [0.15, 0.2) is 18.2 Å². The van der Waals surface area contributed by atoms with E-state index in [2.05, 4.69) is 12.2 Å². The summed E-state index contributed by atoms with van der Waals surface area (Å²) in [7, 11) is 3.19. The summed E-state index contributed by atoms with van der Waals surface area (Å²) in [6, 6.07) is 5.39. The van der Waals surface area contributed by atoms with Gasteiger partial charge in [0.2, 0.25) is 5.91 Å². The van der Waals surface area contributed by atoms with Crippen LogP contribution in [0.1, 0.15) is 64.7 Å². The summed E-state index contributed by atoms with van der Waals surface area (Å²) in [6.07, 6.45) is 10.4. The minimum absolute atomic E-state index is 0.0412. The third-order valence-electron chi connectivity index (χ3n) is 3.94. The van der Waals surface area contributed by atoms with Crippen molar-refractivity contribution in [2.45, 2.75) is 64.7 Å². The van der Waals surface area contributed by atoms with Crippen molar-refractivity contribution in [3.05, 3.63) is 18.2 Å². The van der Waals surface area contributed by atoms with Crippen LogP contribution in [0.5, 0.6) is 11.5 Å². The number of anilines is 1. The van der Waals surface area contributed by atoms with Crippen molar-refractivity contribution in [2.24, 2.45) is 0 Å². The zero-order valence-electron chi connectivity index (χ0n) is 14.8. The van der Waals surface area contributed by atoms with Crippen molar-refractivity contribution in [3.63, 3.8) is 0 Å². The third-order valence-corrected chi connectivity index (χ3v) is 3.94. The molecular weight excluding hydrogens is 290 g/mol. The molecule has 1 aromatic carbocycles. The molecule has 0 bridgehead atoms. The summed E-state index contributed by atoms with van der Waals surface area (Å²) in [5.41, 5.74) is 0.692. The number of ether oxygens (including phenoxy) is 2. The minimum atomic E-state index is 0.0412. The summed E-state index contributed by atoms with van der Waals surface area (Å²) in [6.45, 7) is 2.23. The van der Waals surface area contributed by atoms with Crippen molar-refractivity contribution in [3.8, 4) is 11.5 Å². The summed E-state index contributed by atoms with van der Waals surface area (Å²) in [5.74, 6) is 1.37. The number of rotatable bonds is 12. The van der Waals surface area contributed by atoms with E-state index in [1.54, 1.807) is 20.3 Å². The fourth-order valence-corrected chi connectivity index (χ4v) is 2.53. The largest absolute Gasteiger partial charge is 0.497 e. The lowest BCUT2D eigenvalue weighted by molar-refractivity contribution is -0.116. The zero-order chi connectivity index (χ0) is 16.9. The molecule has 0 spiro atoms. The molecule has 0 saturated carbocycles. The quantitative estimate of drug-likeness (QED) is 0.540. The number of amides is 1. The number of unbranched alkanes of at least 4 members (excludes halogenated alkanes) is 7. The van der Waals surface area contributed by atoms with Crippen LogP contribution in [0.25, 0.3) is 0 Å². The van der Waals surface area contributed by atoms with Crippen LogP contribution in [-0.2, 0) is 4.79 Å². The molecule has 0 saturated heterocycles. The summed E-state index contributed by atoms with van der Waals surface area (Å²) in [4.78, 5) is 12.0. The fourth-order valence-electron chi connectivity index (χ4n) is 2.53. The van der Waals surface area contributed by atoms with E-state index in [9.17, 15) is 4.79 Å². The smallest absolute Gasteiger partial charge is 0.224 e. The molecule has 0 aliphatic carbocycles. The Labute approximate surface area is 140 Å². The Morgan fingerprint density at radius 3 is 2.22 bits per heavy atom. The van der Waals surface area contributed by atoms with Crippen LogP contribution in [-0.4, -0.2) is 20.1 Å². The van der Waals surface area contributed by atoms with Gasteiger partial charge in [0, 0.05) is 12.5 Å². The molecular formula is C19H31NO3. The summed E-state index contributed by atoms with van der Waals surface area (Å²) >= 11 is 0. The Balaban J connectivity index is 2.24. The van der Waals surface area contributed by atoms with E-state index in [0.717, 1.165) is 12.8 Å². The second kappa shape index (κ2) is 11.8. The zero-order valence-corrected chi connectivity index (χ0v) is 14.8. The van der Waals surface area contributed by atoms with E-state index >= 15 is 0 Å². The monoisotopic (exact) mass is 321 g/mol. The average Bonchev–Trinajstić information content (AvgIpc) is 2.57. The predicted octanol–water partition coefficient (Wildman–Crippen LogP) is 5.17. The number of carbonyl (C=O) groups excluding carboxylic acids is 1. The van der Waals surface area contributed by atoms with Crippen molar-refractivity contribution in [1.29, 1.82) is 0 Å². The van der Waals surface area contributed by atoms with Gasteiger partial charge in [-0.2, -0.15) is 0 Å². The first-order valence-electron chi connectivity index (χ1n) is 8.73. The molecule has 0 aliphatic heterocycles. The molecule has 1 N–H and O–H groups in total. The Bertz CT molecular complexity index is 460. The maximum atomic E-state index is 12.0. The first-order chi connectivity index (χ1) is 11.2. The van der Waals surface area contributed by atoms with E-state index in [1.165, 1.54) is 38.5 Å². The molecule has 0 atom stereocenters. The molecule has 1 rings (SSSR count). The molecule has 1 amide bonds. The van der Waals surface area contributed by atoms with Gasteiger partial charge in [0.15, 0.2) is 0 Å². The molecule has 0 aromatic heterocycles. The van der Waals surface area contributed by atoms with Crippen LogP contribution >= 0.6 is 0 Å².